The van der Waals surface area contributed by atoms with Crippen molar-refractivity contribution in [3.63, 3.8) is 0 Å². The van der Waals surface area contributed by atoms with Gasteiger partial charge in [0.05, 0.1) is 6.10 Å². The van der Waals surface area contributed by atoms with E-state index in [0.717, 1.165) is 6.42 Å². The second-order valence-electron chi connectivity index (χ2n) is 5.78. The van der Waals surface area contributed by atoms with Gasteiger partial charge < -0.3 is 14.2 Å². The molecule has 112 valence electrons. The maximum absolute atomic E-state index is 5.97. The SMILES string of the molecule is C=C[C@@H]1OC(C)(C)O[C@@H]1[C@H](CCCCCCC)OC. The van der Waals surface area contributed by atoms with E-state index in [4.69, 9.17) is 14.2 Å². The van der Waals surface area contributed by atoms with E-state index in [1.54, 1.807) is 7.11 Å². The summed E-state index contributed by atoms with van der Waals surface area (Å²) in [6.07, 6.45) is 9.18. The summed E-state index contributed by atoms with van der Waals surface area (Å²) in [5.74, 6) is -0.539. The molecule has 0 aliphatic carbocycles. The van der Waals surface area contributed by atoms with Crippen molar-refractivity contribution in [2.45, 2.75) is 83.4 Å². The number of methoxy groups -OCH3 is 1. The molecule has 1 rings (SSSR count). The van der Waals surface area contributed by atoms with Crippen LogP contribution in [-0.4, -0.2) is 31.2 Å². The molecule has 0 spiro atoms. The predicted molar refractivity (Wildman–Crippen MR) is 78.2 cm³/mol. The maximum Gasteiger partial charge on any atom is 0.164 e. The van der Waals surface area contributed by atoms with Gasteiger partial charge in [0.2, 0.25) is 0 Å². The molecule has 3 nitrogen and oxygen atoms in total. The zero-order valence-electron chi connectivity index (χ0n) is 13.0. The molecule has 0 saturated carbocycles. The average molecular weight is 270 g/mol. The Labute approximate surface area is 118 Å². The van der Waals surface area contributed by atoms with Gasteiger partial charge in [-0.25, -0.2) is 0 Å². The summed E-state index contributed by atoms with van der Waals surface area (Å²) in [5, 5.41) is 0. The third-order valence-corrected chi connectivity index (χ3v) is 3.66. The molecule has 0 bridgehead atoms. The topological polar surface area (TPSA) is 27.7 Å². The normalized spacial score (nSPS) is 27.4. The smallest absolute Gasteiger partial charge is 0.164 e. The Bertz CT molecular complexity index is 263. The van der Waals surface area contributed by atoms with Gasteiger partial charge in [0.1, 0.15) is 12.2 Å². The molecule has 1 saturated heterocycles. The van der Waals surface area contributed by atoms with Gasteiger partial charge >= 0.3 is 0 Å². The molecule has 0 N–H and O–H groups in total. The Hall–Kier alpha value is -0.380. The monoisotopic (exact) mass is 270 g/mol. The fourth-order valence-electron chi connectivity index (χ4n) is 2.65. The third-order valence-electron chi connectivity index (χ3n) is 3.66. The highest BCUT2D eigenvalue weighted by Gasteiger charge is 2.43. The molecule has 0 aromatic heterocycles. The van der Waals surface area contributed by atoms with Crippen LogP contribution in [0, 0.1) is 0 Å². The fourth-order valence-corrected chi connectivity index (χ4v) is 2.65. The van der Waals surface area contributed by atoms with Crippen LogP contribution in [0.15, 0.2) is 12.7 Å². The van der Waals surface area contributed by atoms with Gasteiger partial charge in [0.25, 0.3) is 0 Å². The summed E-state index contributed by atoms with van der Waals surface area (Å²) in [5.41, 5.74) is 0. The Morgan fingerprint density at radius 2 is 1.89 bits per heavy atom. The summed E-state index contributed by atoms with van der Waals surface area (Å²) in [4.78, 5) is 0. The zero-order chi connectivity index (χ0) is 14.3. The van der Waals surface area contributed by atoms with Crippen molar-refractivity contribution < 1.29 is 14.2 Å². The highest BCUT2D eigenvalue weighted by Crippen LogP contribution is 2.32. The van der Waals surface area contributed by atoms with Gasteiger partial charge in [0, 0.05) is 7.11 Å². The third kappa shape index (κ3) is 5.25. The lowest BCUT2D eigenvalue weighted by atomic mass is 10.0. The molecule has 0 aromatic carbocycles. The van der Waals surface area contributed by atoms with Crippen molar-refractivity contribution >= 4 is 0 Å². The second-order valence-corrected chi connectivity index (χ2v) is 5.78. The average Bonchev–Trinajstić information content (AvgIpc) is 2.69. The Balaban J connectivity index is 2.42. The van der Waals surface area contributed by atoms with Gasteiger partial charge in [-0.1, -0.05) is 45.1 Å². The Morgan fingerprint density at radius 1 is 1.21 bits per heavy atom. The summed E-state index contributed by atoms with van der Waals surface area (Å²) in [6.45, 7) is 9.95. The first-order chi connectivity index (χ1) is 9.04. The van der Waals surface area contributed by atoms with Gasteiger partial charge in [-0.2, -0.15) is 0 Å². The molecule has 1 aliphatic heterocycles. The minimum Gasteiger partial charge on any atom is -0.379 e. The summed E-state index contributed by atoms with van der Waals surface area (Å²) < 4.78 is 17.4. The highest BCUT2D eigenvalue weighted by molar-refractivity contribution is 4.96. The van der Waals surface area contributed by atoms with Crippen LogP contribution in [0.3, 0.4) is 0 Å². The second kappa shape index (κ2) is 8.03. The Kier molecular flexibility index (Phi) is 7.05. The minimum atomic E-state index is -0.539. The van der Waals surface area contributed by atoms with Crippen LogP contribution < -0.4 is 0 Å². The Morgan fingerprint density at radius 3 is 2.47 bits per heavy atom. The van der Waals surface area contributed by atoms with E-state index < -0.39 is 5.79 Å². The van der Waals surface area contributed by atoms with Gasteiger partial charge in [-0.05, 0) is 20.3 Å². The van der Waals surface area contributed by atoms with E-state index in [1.807, 2.05) is 19.9 Å². The van der Waals surface area contributed by atoms with E-state index in [2.05, 4.69) is 13.5 Å². The minimum absolute atomic E-state index is 0.0383. The van der Waals surface area contributed by atoms with Gasteiger partial charge in [0.15, 0.2) is 5.79 Å². The summed E-state index contributed by atoms with van der Waals surface area (Å²) in [6, 6.07) is 0. The first-order valence-electron chi connectivity index (χ1n) is 7.55. The van der Waals surface area contributed by atoms with Crippen LogP contribution in [0.4, 0.5) is 0 Å². The molecule has 1 heterocycles. The molecule has 3 heteroatoms. The van der Waals surface area contributed by atoms with Crippen LogP contribution in [0.25, 0.3) is 0 Å². The van der Waals surface area contributed by atoms with E-state index in [1.165, 1.54) is 32.1 Å². The lowest BCUT2D eigenvalue weighted by molar-refractivity contribution is -0.156. The molecular formula is C16H30O3. The van der Waals surface area contributed by atoms with Gasteiger partial charge in [-0.3, -0.25) is 0 Å². The first-order valence-corrected chi connectivity index (χ1v) is 7.55. The first kappa shape index (κ1) is 16.7. The molecule has 0 aromatic rings. The van der Waals surface area contributed by atoms with Crippen molar-refractivity contribution in [2.24, 2.45) is 0 Å². The fraction of sp³-hybridized carbons (Fsp3) is 0.875. The number of rotatable bonds is 9. The zero-order valence-corrected chi connectivity index (χ0v) is 13.0. The molecule has 1 fully saturated rings. The highest BCUT2D eigenvalue weighted by atomic mass is 16.8. The number of unbranched alkanes of at least 4 members (excludes halogenated alkanes) is 4. The standard InChI is InChI=1S/C16H30O3/c1-6-8-9-10-11-12-14(17-5)15-13(7-2)18-16(3,4)19-15/h7,13-15H,2,6,8-12H2,1,3-5H3/t13-,14-,15-/m0/s1. The van der Waals surface area contributed by atoms with Crippen molar-refractivity contribution in [1.29, 1.82) is 0 Å². The molecular weight excluding hydrogens is 240 g/mol. The molecule has 0 unspecified atom stereocenters. The number of hydrogen-bond donors (Lipinski definition) is 0. The maximum atomic E-state index is 5.97. The van der Waals surface area contributed by atoms with Crippen molar-refractivity contribution in [1.82, 2.24) is 0 Å². The van der Waals surface area contributed by atoms with Crippen molar-refractivity contribution in [2.75, 3.05) is 7.11 Å². The van der Waals surface area contributed by atoms with E-state index in [-0.39, 0.29) is 18.3 Å². The molecule has 0 radical (unpaired) electrons. The summed E-state index contributed by atoms with van der Waals surface area (Å²) >= 11 is 0. The van der Waals surface area contributed by atoms with Crippen LogP contribution in [-0.2, 0) is 14.2 Å². The molecule has 19 heavy (non-hydrogen) atoms. The number of hydrogen-bond acceptors (Lipinski definition) is 3. The molecule has 0 amide bonds. The molecule has 1 aliphatic rings. The quantitative estimate of drug-likeness (QED) is 0.467. The van der Waals surface area contributed by atoms with Crippen LogP contribution in [0.2, 0.25) is 0 Å². The summed E-state index contributed by atoms with van der Waals surface area (Å²) in [7, 11) is 1.76. The van der Waals surface area contributed by atoms with E-state index >= 15 is 0 Å². The largest absolute Gasteiger partial charge is 0.379 e. The van der Waals surface area contributed by atoms with Crippen LogP contribution >= 0.6 is 0 Å². The van der Waals surface area contributed by atoms with Crippen molar-refractivity contribution in [3.8, 4) is 0 Å². The van der Waals surface area contributed by atoms with Crippen LogP contribution in [0.1, 0.15) is 59.3 Å². The number of ether oxygens (including phenoxy) is 3. The van der Waals surface area contributed by atoms with E-state index in [0.29, 0.717) is 0 Å². The van der Waals surface area contributed by atoms with Crippen molar-refractivity contribution in [3.05, 3.63) is 12.7 Å². The predicted octanol–water partition coefficient (Wildman–Crippen LogP) is 4.07. The lowest BCUT2D eigenvalue weighted by Crippen LogP contribution is -2.36. The lowest BCUT2D eigenvalue weighted by Gasteiger charge is -2.24. The van der Waals surface area contributed by atoms with Crippen LogP contribution in [0.5, 0.6) is 0 Å². The van der Waals surface area contributed by atoms with Gasteiger partial charge in [-0.15, -0.1) is 6.58 Å². The van der Waals surface area contributed by atoms with E-state index in [9.17, 15) is 0 Å². The molecule has 3 atom stereocenters.